The molecule has 5 aliphatic rings. The van der Waals surface area contributed by atoms with E-state index in [1.54, 1.807) is 19.1 Å². The number of alkyl halides is 1. The Morgan fingerprint density at radius 2 is 1.98 bits per heavy atom. The third-order valence-electron chi connectivity index (χ3n) is 11.2. The lowest BCUT2D eigenvalue weighted by Crippen LogP contribution is -2.63. The molecule has 2 aromatic carbocycles. The first-order valence-corrected chi connectivity index (χ1v) is 16.6. The predicted molar refractivity (Wildman–Crippen MR) is 169 cm³/mol. The van der Waals surface area contributed by atoms with E-state index in [-0.39, 0.29) is 59.8 Å². The normalized spacial score (nSPS) is 30.0. The van der Waals surface area contributed by atoms with Crippen molar-refractivity contribution in [3.05, 3.63) is 47.5 Å². The maximum Gasteiger partial charge on any atom is 0.319 e. The second kappa shape index (κ2) is 10.4. The molecule has 4 saturated heterocycles. The predicted octanol–water partition coefficient (Wildman–Crippen LogP) is 5.87. The molecule has 4 aromatic rings. The lowest BCUT2D eigenvalue weighted by atomic mass is 9.95. The van der Waals surface area contributed by atoms with Crippen LogP contribution in [0.5, 0.6) is 11.9 Å². The molecular formula is C35H37F3N6O2. The van der Waals surface area contributed by atoms with Gasteiger partial charge in [-0.2, -0.15) is 9.97 Å². The van der Waals surface area contributed by atoms with Gasteiger partial charge in [-0.25, -0.2) is 18.2 Å². The molecule has 0 radical (unpaired) electrons. The molecule has 8 nitrogen and oxygen atoms in total. The van der Waals surface area contributed by atoms with Crippen LogP contribution in [0.25, 0.3) is 32.9 Å². The number of hydrogen-bond donors (Lipinski definition) is 1. The first-order valence-electron chi connectivity index (χ1n) is 16.6. The molecule has 7 heterocycles. The summed E-state index contributed by atoms with van der Waals surface area (Å²) >= 11 is 0. The van der Waals surface area contributed by atoms with Crippen LogP contribution in [0.2, 0.25) is 0 Å². The number of rotatable bonds is 5. The van der Waals surface area contributed by atoms with E-state index < -0.39 is 17.5 Å². The van der Waals surface area contributed by atoms with Crippen LogP contribution in [-0.2, 0) is 0 Å². The number of nitrogens with zero attached hydrogens (tertiary/aromatic N) is 5. The van der Waals surface area contributed by atoms with Crippen molar-refractivity contribution in [1.29, 1.82) is 0 Å². The Morgan fingerprint density at radius 1 is 1.09 bits per heavy atom. The van der Waals surface area contributed by atoms with Gasteiger partial charge in [-0.05, 0) is 68.0 Å². The van der Waals surface area contributed by atoms with Crippen molar-refractivity contribution in [2.45, 2.75) is 88.3 Å². The second-order valence-corrected chi connectivity index (χ2v) is 13.8. The SMILES string of the molecule is CC[C@@H]1Oc2nc(-c3cccc4ccc(F)c(C)c34)c(F)c3nc(OC[C@@]45CCCN4C[C@H](F)C5)nc(c23)N2C[C@H]3CC[C@H](N3)[C@@H]12. The Balaban J connectivity index is 1.25. The summed E-state index contributed by atoms with van der Waals surface area (Å²) < 4.78 is 59.6. The van der Waals surface area contributed by atoms with Crippen molar-refractivity contribution >= 4 is 27.5 Å². The van der Waals surface area contributed by atoms with Gasteiger partial charge in [0.2, 0.25) is 5.88 Å². The Bertz CT molecular complexity index is 1890. The summed E-state index contributed by atoms with van der Waals surface area (Å²) in [7, 11) is 0. The monoisotopic (exact) mass is 630 g/mol. The van der Waals surface area contributed by atoms with Crippen molar-refractivity contribution in [1.82, 2.24) is 25.2 Å². The van der Waals surface area contributed by atoms with Crippen LogP contribution in [0, 0.1) is 18.6 Å². The van der Waals surface area contributed by atoms with Gasteiger partial charge in [-0.1, -0.05) is 31.2 Å². The highest BCUT2D eigenvalue weighted by atomic mass is 19.1. The Kier molecular flexibility index (Phi) is 6.45. The van der Waals surface area contributed by atoms with Crippen LogP contribution in [-0.4, -0.2) is 82.0 Å². The number of halogens is 3. The maximum atomic E-state index is 17.1. The minimum absolute atomic E-state index is 0.0448. The molecule has 0 unspecified atom stereocenters. The van der Waals surface area contributed by atoms with Crippen LogP contribution >= 0.6 is 0 Å². The number of pyridine rings is 1. The van der Waals surface area contributed by atoms with Gasteiger partial charge >= 0.3 is 6.01 Å². The molecule has 0 saturated carbocycles. The number of ether oxygens (including phenoxy) is 2. The fourth-order valence-electron chi connectivity index (χ4n) is 9.08. The molecule has 9 rings (SSSR count). The van der Waals surface area contributed by atoms with Crippen LogP contribution in [0.3, 0.4) is 0 Å². The van der Waals surface area contributed by atoms with Gasteiger partial charge < -0.3 is 19.7 Å². The summed E-state index contributed by atoms with van der Waals surface area (Å²) in [6.45, 7) is 5.96. The molecule has 0 aliphatic carbocycles. The number of fused-ring (bicyclic) bond motifs is 7. The van der Waals surface area contributed by atoms with Gasteiger partial charge in [-0.15, -0.1) is 0 Å². The average Bonchev–Trinajstić information content (AvgIpc) is 3.69. The molecule has 0 amide bonds. The van der Waals surface area contributed by atoms with Crippen molar-refractivity contribution in [2.75, 3.05) is 31.1 Å². The van der Waals surface area contributed by atoms with E-state index in [1.165, 1.54) is 6.07 Å². The minimum Gasteiger partial charge on any atom is -0.472 e. The average molecular weight is 631 g/mol. The van der Waals surface area contributed by atoms with E-state index in [2.05, 4.69) is 22.0 Å². The molecule has 2 aromatic heterocycles. The summed E-state index contributed by atoms with van der Waals surface area (Å²) in [5.74, 6) is -0.179. The van der Waals surface area contributed by atoms with Crippen LogP contribution in [0.4, 0.5) is 19.0 Å². The highest BCUT2D eigenvalue weighted by molar-refractivity contribution is 6.02. The number of piperazine rings is 1. The lowest BCUT2D eigenvalue weighted by Gasteiger charge is -2.43. The molecule has 240 valence electrons. The zero-order valence-corrected chi connectivity index (χ0v) is 26.0. The van der Waals surface area contributed by atoms with Crippen molar-refractivity contribution < 1.29 is 22.6 Å². The highest BCUT2D eigenvalue weighted by Crippen LogP contribution is 2.46. The molecule has 1 N–H and O–H groups in total. The van der Waals surface area contributed by atoms with Crippen molar-refractivity contribution in [3.8, 4) is 23.1 Å². The fourth-order valence-corrected chi connectivity index (χ4v) is 9.08. The number of nitrogens with one attached hydrogen (secondary N) is 1. The van der Waals surface area contributed by atoms with Crippen molar-refractivity contribution in [3.63, 3.8) is 0 Å². The summed E-state index contributed by atoms with van der Waals surface area (Å²) in [5, 5.41) is 5.55. The molecule has 0 spiro atoms. The van der Waals surface area contributed by atoms with Gasteiger partial charge in [0.15, 0.2) is 5.82 Å². The summed E-state index contributed by atoms with van der Waals surface area (Å²) in [6, 6.07) is 9.08. The molecular weight excluding hydrogens is 593 g/mol. The first kappa shape index (κ1) is 28.5. The number of aryl methyl sites for hydroxylation is 1. The molecule has 5 aliphatic heterocycles. The van der Waals surface area contributed by atoms with Gasteiger partial charge in [-0.3, -0.25) is 4.90 Å². The number of benzene rings is 2. The van der Waals surface area contributed by atoms with Crippen LogP contribution in [0.1, 0.15) is 51.0 Å². The largest absolute Gasteiger partial charge is 0.472 e. The summed E-state index contributed by atoms with van der Waals surface area (Å²) in [5.41, 5.74) is 0.581. The third kappa shape index (κ3) is 4.16. The first-order chi connectivity index (χ1) is 22.3. The zero-order valence-electron chi connectivity index (χ0n) is 26.0. The quantitative estimate of drug-likeness (QED) is 0.294. The van der Waals surface area contributed by atoms with Crippen LogP contribution in [0.15, 0.2) is 30.3 Å². The number of anilines is 1. The Hall–Kier alpha value is -3.70. The Labute approximate surface area is 265 Å². The topological polar surface area (TPSA) is 75.6 Å². The fraction of sp³-hybridized carbons (Fsp3) is 0.514. The van der Waals surface area contributed by atoms with E-state index in [0.29, 0.717) is 53.6 Å². The molecule has 4 fully saturated rings. The van der Waals surface area contributed by atoms with E-state index in [0.717, 1.165) is 37.6 Å². The van der Waals surface area contributed by atoms with Gasteiger partial charge in [0.25, 0.3) is 0 Å². The molecule has 2 bridgehead atoms. The lowest BCUT2D eigenvalue weighted by molar-refractivity contribution is 0.107. The van der Waals surface area contributed by atoms with E-state index in [1.807, 2.05) is 12.1 Å². The van der Waals surface area contributed by atoms with Gasteiger partial charge in [0.05, 0.1) is 11.6 Å². The standard InChI is InChI=1S/C35H37F3N6O2/c1-3-25-31-24-11-9-21(39-24)16-44(31)32-27-30(41-34(42-32)45-17-35-12-5-13-43(35)15-20(36)14-35)28(38)29(40-33(27)46-25)22-7-4-6-19-8-10-23(37)18(2)26(19)22/h4,6-8,10,20-21,24-25,31,39H,3,5,9,11-17H2,1-2H3/t20-,21-,24+,25+,31+,35+/m1/s1. The van der Waals surface area contributed by atoms with Gasteiger partial charge in [0, 0.05) is 37.2 Å². The van der Waals surface area contributed by atoms with Crippen LogP contribution < -0.4 is 19.7 Å². The summed E-state index contributed by atoms with van der Waals surface area (Å²) in [4.78, 5) is 19.0. The number of hydrogen-bond acceptors (Lipinski definition) is 8. The van der Waals surface area contributed by atoms with E-state index in [4.69, 9.17) is 24.4 Å². The van der Waals surface area contributed by atoms with E-state index >= 15 is 4.39 Å². The van der Waals surface area contributed by atoms with E-state index in [9.17, 15) is 8.78 Å². The second-order valence-electron chi connectivity index (χ2n) is 13.8. The molecule has 6 atom stereocenters. The Morgan fingerprint density at radius 3 is 2.85 bits per heavy atom. The smallest absolute Gasteiger partial charge is 0.319 e. The highest BCUT2D eigenvalue weighted by Gasteiger charge is 2.50. The van der Waals surface area contributed by atoms with Crippen molar-refractivity contribution in [2.24, 2.45) is 0 Å². The summed E-state index contributed by atoms with van der Waals surface area (Å²) in [6.07, 6.45) is 3.87. The van der Waals surface area contributed by atoms with Gasteiger partial charge in [0.1, 0.15) is 47.1 Å². The number of aromatic nitrogens is 3. The molecule has 11 heteroatoms. The third-order valence-corrected chi connectivity index (χ3v) is 11.2. The zero-order chi connectivity index (χ0) is 31.3. The minimum atomic E-state index is -0.895. The maximum absolute atomic E-state index is 17.1. The molecule has 46 heavy (non-hydrogen) atoms.